The standard InChI is InChI=1S/C16H21N3O4S/c1-11(2)9-18(7-4-14(21)22)13(20)3-6-19-10-17-15-12(16(19)23)5-8-24-15/h5,8,10-11H,3-4,6-7,9H2,1-2H3,(H,21,22). The Morgan fingerprint density at radius 3 is 2.79 bits per heavy atom. The number of amides is 1. The number of carboxylic acids is 1. The van der Waals surface area contributed by atoms with Crippen molar-refractivity contribution < 1.29 is 14.7 Å². The highest BCUT2D eigenvalue weighted by Gasteiger charge is 2.16. The molecule has 0 aliphatic carbocycles. The van der Waals surface area contributed by atoms with Crippen molar-refractivity contribution in [3.05, 3.63) is 28.1 Å². The highest BCUT2D eigenvalue weighted by Crippen LogP contribution is 2.13. The van der Waals surface area contributed by atoms with Crippen LogP contribution in [0.25, 0.3) is 10.2 Å². The van der Waals surface area contributed by atoms with Gasteiger partial charge < -0.3 is 10.0 Å². The van der Waals surface area contributed by atoms with Crippen LogP contribution in [0.2, 0.25) is 0 Å². The fourth-order valence-electron chi connectivity index (χ4n) is 2.42. The molecule has 24 heavy (non-hydrogen) atoms. The summed E-state index contributed by atoms with van der Waals surface area (Å²) in [5, 5.41) is 11.2. The van der Waals surface area contributed by atoms with Gasteiger partial charge in [-0.15, -0.1) is 11.3 Å². The average Bonchev–Trinajstić information content (AvgIpc) is 2.99. The highest BCUT2D eigenvalue weighted by molar-refractivity contribution is 7.16. The molecular weight excluding hydrogens is 330 g/mol. The van der Waals surface area contributed by atoms with Gasteiger partial charge >= 0.3 is 5.97 Å². The summed E-state index contributed by atoms with van der Waals surface area (Å²) in [6.45, 7) is 4.87. The van der Waals surface area contributed by atoms with E-state index in [1.807, 2.05) is 19.2 Å². The second-order valence-electron chi connectivity index (χ2n) is 6.01. The lowest BCUT2D eigenvalue weighted by molar-refractivity contribution is -0.138. The van der Waals surface area contributed by atoms with Gasteiger partial charge in [-0.05, 0) is 17.4 Å². The van der Waals surface area contributed by atoms with E-state index in [-0.39, 0.29) is 43.3 Å². The monoisotopic (exact) mass is 351 g/mol. The molecule has 2 aromatic rings. The normalized spacial score (nSPS) is 11.1. The Hall–Kier alpha value is -2.22. The number of aromatic nitrogens is 2. The molecule has 0 bridgehead atoms. The minimum atomic E-state index is -0.931. The molecule has 1 amide bonds. The van der Waals surface area contributed by atoms with Crippen LogP contribution in [-0.4, -0.2) is 44.5 Å². The van der Waals surface area contributed by atoms with E-state index in [1.54, 1.807) is 11.0 Å². The number of nitrogens with zero attached hydrogens (tertiary/aromatic N) is 3. The minimum Gasteiger partial charge on any atom is -0.481 e. The molecule has 8 heteroatoms. The van der Waals surface area contributed by atoms with Crippen LogP contribution in [0.3, 0.4) is 0 Å². The largest absolute Gasteiger partial charge is 0.481 e. The third kappa shape index (κ3) is 4.64. The van der Waals surface area contributed by atoms with Gasteiger partial charge in [0.15, 0.2) is 0 Å². The predicted octanol–water partition coefficient (Wildman–Crippen LogP) is 1.81. The van der Waals surface area contributed by atoms with Gasteiger partial charge in [0.25, 0.3) is 5.56 Å². The number of carbonyl (C=O) groups is 2. The summed E-state index contributed by atoms with van der Waals surface area (Å²) < 4.78 is 1.43. The van der Waals surface area contributed by atoms with Gasteiger partial charge in [-0.25, -0.2) is 4.98 Å². The number of hydrogen-bond acceptors (Lipinski definition) is 5. The first kappa shape index (κ1) is 18.1. The Kier molecular flexibility index (Phi) is 6.08. The van der Waals surface area contributed by atoms with E-state index in [0.29, 0.717) is 16.8 Å². The number of aliphatic carboxylic acids is 1. The number of thiophene rings is 1. The predicted molar refractivity (Wildman–Crippen MR) is 92.2 cm³/mol. The van der Waals surface area contributed by atoms with Gasteiger partial charge in [-0.3, -0.25) is 19.0 Å². The summed E-state index contributed by atoms with van der Waals surface area (Å²) in [5.41, 5.74) is -0.157. The molecule has 0 aliphatic rings. The molecule has 0 fully saturated rings. The van der Waals surface area contributed by atoms with Crippen LogP contribution in [0.15, 0.2) is 22.6 Å². The van der Waals surface area contributed by atoms with Crippen molar-refractivity contribution in [3.63, 3.8) is 0 Å². The van der Waals surface area contributed by atoms with E-state index in [2.05, 4.69) is 4.98 Å². The lowest BCUT2D eigenvalue weighted by atomic mass is 10.2. The smallest absolute Gasteiger partial charge is 0.305 e. The van der Waals surface area contributed by atoms with Gasteiger partial charge in [0, 0.05) is 26.1 Å². The second-order valence-corrected chi connectivity index (χ2v) is 6.90. The summed E-state index contributed by atoms with van der Waals surface area (Å²) in [4.78, 5) is 41.9. The maximum Gasteiger partial charge on any atom is 0.305 e. The average molecular weight is 351 g/mol. The van der Waals surface area contributed by atoms with Crippen LogP contribution < -0.4 is 5.56 Å². The molecule has 0 unspecified atom stereocenters. The molecule has 0 atom stereocenters. The molecule has 1 N–H and O–H groups in total. The summed E-state index contributed by atoms with van der Waals surface area (Å²) >= 11 is 1.40. The van der Waals surface area contributed by atoms with Crippen molar-refractivity contribution in [1.29, 1.82) is 0 Å². The molecule has 7 nitrogen and oxygen atoms in total. The van der Waals surface area contributed by atoms with Crippen molar-refractivity contribution in [3.8, 4) is 0 Å². The Labute approximate surface area is 143 Å². The summed E-state index contributed by atoms with van der Waals surface area (Å²) in [6, 6.07) is 1.73. The van der Waals surface area contributed by atoms with E-state index in [1.165, 1.54) is 22.2 Å². The van der Waals surface area contributed by atoms with Crippen LogP contribution in [0.4, 0.5) is 0 Å². The van der Waals surface area contributed by atoms with E-state index in [0.717, 1.165) is 0 Å². The quantitative estimate of drug-likeness (QED) is 0.783. The Bertz CT molecular complexity index is 781. The van der Waals surface area contributed by atoms with Crippen LogP contribution >= 0.6 is 11.3 Å². The molecule has 2 rings (SSSR count). The van der Waals surface area contributed by atoms with Crippen LogP contribution in [0.1, 0.15) is 26.7 Å². The highest BCUT2D eigenvalue weighted by atomic mass is 32.1. The fourth-order valence-corrected chi connectivity index (χ4v) is 3.14. The van der Waals surface area contributed by atoms with Gasteiger partial charge in [0.2, 0.25) is 5.91 Å². The third-order valence-corrected chi connectivity index (χ3v) is 4.37. The Morgan fingerprint density at radius 1 is 1.38 bits per heavy atom. The third-order valence-electron chi connectivity index (χ3n) is 3.55. The fraction of sp³-hybridized carbons (Fsp3) is 0.500. The minimum absolute atomic E-state index is 0.0825. The summed E-state index contributed by atoms with van der Waals surface area (Å²) in [7, 11) is 0. The first-order valence-electron chi connectivity index (χ1n) is 7.80. The van der Waals surface area contributed by atoms with E-state index in [4.69, 9.17) is 5.11 Å². The van der Waals surface area contributed by atoms with Crippen LogP contribution in [0, 0.1) is 5.92 Å². The van der Waals surface area contributed by atoms with E-state index in [9.17, 15) is 14.4 Å². The van der Waals surface area contributed by atoms with Crippen molar-refractivity contribution in [2.75, 3.05) is 13.1 Å². The molecule has 0 radical (unpaired) electrons. The number of carboxylic acid groups (broad SMARTS) is 1. The first-order valence-corrected chi connectivity index (χ1v) is 8.68. The number of aryl methyl sites for hydroxylation is 1. The molecule has 0 aliphatic heterocycles. The van der Waals surface area contributed by atoms with Gasteiger partial charge in [0.1, 0.15) is 4.83 Å². The first-order chi connectivity index (χ1) is 11.4. The zero-order valence-electron chi connectivity index (χ0n) is 13.8. The molecule has 0 saturated heterocycles. The maximum absolute atomic E-state index is 12.4. The van der Waals surface area contributed by atoms with Crippen molar-refractivity contribution in [1.82, 2.24) is 14.5 Å². The lowest BCUT2D eigenvalue weighted by Gasteiger charge is -2.24. The van der Waals surface area contributed by atoms with E-state index >= 15 is 0 Å². The van der Waals surface area contributed by atoms with Crippen LogP contribution in [0.5, 0.6) is 0 Å². The van der Waals surface area contributed by atoms with E-state index < -0.39 is 5.97 Å². The molecule has 0 saturated carbocycles. The lowest BCUT2D eigenvalue weighted by Crippen LogP contribution is -2.37. The molecule has 2 aromatic heterocycles. The Balaban J connectivity index is 2.03. The molecule has 0 aromatic carbocycles. The summed E-state index contributed by atoms with van der Waals surface area (Å²) in [5.74, 6) is -0.837. The SMILES string of the molecule is CC(C)CN(CCC(=O)O)C(=O)CCn1cnc2sccc2c1=O. The Morgan fingerprint density at radius 2 is 2.12 bits per heavy atom. The van der Waals surface area contributed by atoms with Gasteiger partial charge in [-0.1, -0.05) is 13.8 Å². The topological polar surface area (TPSA) is 92.5 Å². The second kappa shape index (κ2) is 8.05. The summed E-state index contributed by atoms with van der Waals surface area (Å²) in [6.07, 6.45) is 1.52. The molecule has 130 valence electrons. The maximum atomic E-state index is 12.4. The molecule has 0 spiro atoms. The van der Waals surface area contributed by atoms with Crippen molar-refractivity contribution in [2.24, 2.45) is 5.92 Å². The zero-order chi connectivity index (χ0) is 17.7. The zero-order valence-corrected chi connectivity index (χ0v) is 14.6. The van der Waals surface area contributed by atoms with Crippen molar-refractivity contribution >= 4 is 33.4 Å². The number of fused-ring (bicyclic) bond motifs is 1. The van der Waals surface area contributed by atoms with Gasteiger partial charge in [0.05, 0.1) is 18.1 Å². The van der Waals surface area contributed by atoms with Crippen molar-refractivity contribution in [2.45, 2.75) is 33.2 Å². The van der Waals surface area contributed by atoms with Gasteiger partial charge in [-0.2, -0.15) is 0 Å². The number of carbonyl (C=O) groups excluding carboxylic acids is 1. The number of hydrogen-bond donors (Lipinski definition) is 1. The number of rotatable bonds is 8. The van der Waals surface area contributed by atoms with Crippen LogP contribution in [-0.2, 0) is 16.1 Å². The molecule has 2 heterocycles. The molecular formula is C16H21N3O4S.